The second kappa shape index (κ2) is 4.34. The lowest BCUT2D eigenvalue weighted by atomic mass is 9.70. The van der Waals surface area contributed by atoms with Gasteiger partial charge in [-0.25, -0.2) is 0 Å². The fourth-order valence-corrected chi connectivity index (χ4v) is 4.63. The number of aliphatic hydroxyl groups is 1. The Morgan fingerprint density at radius 2 is 2.05 bits per heavy atom. The molecule has 3 atom stereocenters. The van der Waals surface area contributed by atoms with Gasteiger partial charge in [-0.3, -0.25) is 4.79 Å². The van der Waals surface area contributed by atoms with E-state index < -0.39 is 5.60 Å². The Kier molecular flexibility index (Phi) is 3.33. The number of ether oxygens (including phenoxy) is 1. The van der Waals surface area contributed by atoms with E-state index in [1.165, 1.54) is 0 Å². The Morgan fingerprint density at radius 1 is 1.42 bits per heavy atom. The van der Waals surface area contributed by atoms with Gasteiger partial charge >= 0.3 is 5.97 Å². The Morgan fingerprint density at radius 3 is 2.63 bits per heavy atom. The van der Waals surface area contributed by atoms with Crippen LogP contribution < -0.4 is 0 Å². The summed E-state index contributed by atoms with van der Waals surface area (Å²) >= 11 is 0. The van der Waals surface area contributed by atoms with Crippen LogP contribution in [0.25, 0.3) is 0 Å². The monoisotopic (exact) mass is 266 g/mol. The summed E-state index contributed by atoms with van der Waals surface area (Å²) in [5.74, 6) is -0.137. The highest BCUT2D eigenvalue weighted by molar-refractivity contribution is 5.70. The molecule has 3 heteroatoms. The van der Waals surface area contributed by atoms with E-state index in [1.807, 2.05) is 6.92 Å². The third-order valence-electron chi connectivity index (χ3n) is 5.14. The first-order chi connectivity index (χ1) is 8.63. The zero-order valence-corrected chi connectivity index (χ0v) is 12.6. The molecule has 19 heavy (non-hydrogen) atoms. The summed E-state index contributed by atoms with van der Waals surface area (Å²) < 4.78 is 5.07. The highest BCUT2D eigenvalue weighted by Crippen LogP contribution is 2.67. The van der Waals surface area contributed by atoms with Crippen LogP contribution in [-0.2, 0) is 9.53 Å². The van der Waals surface area contributed by atoms with E-state index in [0.717, 1.165) is 18.4 Å². The second-order valence-electron chi connectivity index (χ2n) is 7.36. The quantitative estimate of drug-likeness (QED) is 0.631. The summed E-state index contributed by atoms with van der Waals surface area (Å²) in [5, 5.41) is 11.0. The molecule has 0 radical (unpaired) electrons. The van der Waals surface area contributed by atoms with Crippen LogP contribution in [0, 0.1) is 16.7 Å². The highest BCUT2D eigenvalue weighted by atomic mass is 16.5. The minimum absolute atomic E-state index is 0.0401. The lowest BCUT2D eigenvalue weighted by Gasteiger charge is -2.36. The predicted molar refractivity (Wildman–Crippen MR) is 74.6 cm³/mol. The van der Waals surface area contributed by atoms with E-state index >= 15 is 0 Å². The molecule has 2 fully saturated rings. The molecule has 0 aromatic heterocycles. The zero-order chi connectivity index (χ0) is 14.5. The topological polar surface area (TPSA) is 46.5 Å². The van der Waals surface area contributed by atoms with Gasteiger partial charge in [0.05, 0.1) is 18.6 Å². The van der Waals surface area contributed by atoms with Gasteiger partial charge in [0.1, 0.15) is 0 Å². The summed E-state index contributed by atoms with van der Waals surface area (Å²) in [6.07, 6.45) is 2.69. The van der Waals surface area contributed by atoms with Crippen LogP contribution in [0.15, 0.2) is 12.2 Å². The van der Waals surface area contributed by atoms with Crippen LogP contribution in [0.3, 0.4) is 0 Å². The molecule has 108 valence electrons. The number of rotatable bonds is 3. The van der Waals surface area contributed by atoms with E-state index in [4.69, 9.17) is 4.74 Å². The van der Waals surface area contributed by atoms with E-state index in [-0.39, 0.29) is 22.7 Å². The average molecular weight is 266 g/mol. The van der Waals surface area contributed by atoms with Gasteiger partial charge in [-0.2, -0.15) is 0 Å². The molecule has 0 heterocycles. The smallest absolute Gasteiger partial charge is 0.306 e. The van der Waals surface area contributed by atoms with Crippen molar-refractivity contribution in [1.82, 2.24) is 0 Å². The van der Waals surface area contributed by atoms with E-state index in [1.54, 1.807) is 0 Å². The molecule has 2 aliphatic rings. The lowest BCUT2D eigenvalue weighted by Crippen LogP contribution is -2.40. The van der Waals surface area contributed by atoms with Crippen LogP contribution >= 0.6 is 0 Å². The maximum atomic E-state index is 11.8. The predicted octanol–water partition coefficient (Wildman–Crippen LogP) is 3.07. The maximum absolute atomic E-state index is 11.8. The number of fused-ring (bicyclic) bond motifs is 1. The van der Waals surface area contributed by atoms with Crippen molar-refractivity contribution in [2.24, 2.45) is 16.7 Å². The standard InChI is InChI=1S/C16H26O3/c1-6-19-13(17)7-12-11(2)8-16(18)10-14(3,4)9-15(12,16)5/h12,18H,2,6-10H2,1,3-5H3/t12-,15+,16-/m0/s1. The first kappa shape index (κ1) is 14.6. The van der Waals surface area contributed by atoms with Crippen molar-refractivity contribution in [3.63, 3.8) is 0 Å². The molecule has 2 saturated carbocycles. The summed E-state index contributed by atoms with van der Waals surface area (Å²) in [4.78, 5) is 11.8. The van der Waals surface area contributed by atoms with Crippen molar-refractivity contribution in [2.75, 3.05) is 6.61 Å². The van der Waals surface area contributed by atoms with E-state index in [9.17, 15) is 9.90 Å². The van der Waals surface area contributed by atoms with Gasteiger partial charge in [0.25, 0.3) is 0 Å². The molecular formula is C16H26O3. The molecular weight excluding hydrogens is 240 g/mol. The van der Waals surface area contributed by atoms with Crippen LogP contribution in [0.2, 0.25) is 0 Å². The third kappa shape index (κ3) is 2.22. The third-order valence-corrected chi connectivity index (χ3v) is 5.14. The summed E-state index contributed by atoms with van der Waals surface area (Å²) in [5.41, 5.74) is 0.177. The fourth-order valence-electron chi connectivity index (χ4n) is 4.63. The molecule has 0 saturated heterocycles. The fraction of sp³-hybridized carbons (Fsp3) is 0.812. The van der Waals surface area contributed by atoms with Gasteiger partial charge in [0.2, 0.25) is 0 Å². The zero-order valence-electron chi connectivity index (χ0n) is 12.6. The molecule has 2 rings (SSSR count). The van der Waals surface area contributed by atoms with Gasteiger partial charge in [-0.05, 0) is 37.5 Å². The van der Waals surface area contributed by atoms with Crippen LogP contribution in [-0.4, -0.2) is 23.3 Å². The minimum atomic E-state index is -0.704. The van der Waals surface area contributed by atoms with Gasteiger partial charge in [0, 0.05) is 5.41 Å². The Hall–Kier alpha value is -0.830. The molecule has 3 nitrogen and oxygen atoms in total. The summed E-state index contributed by atoms with van der Waals surface area (Å²) in [6, 6.07) is 0. The van der Waals surface area contributed by atoms with Crippen molar-refractivity contribution in [2.45, 2.75) is 59.0 Å². The SMILES string of the molecule is C=C1C[C@]2(O)CC(C)(C)C[C@]2(C)[C@H]1CC(=O)OCC. The molecule has 0 unspecified atom stereocenters. The van der Waals surface area contributed by atoms with Gasteiger partial charge in [-0.1, -0.05) is 32.9 Å². The largest absolute Gasteiger partial charge is 0.466 e. The Balaban J connectivity index is 2.25. The first-order valence-electron chi connectivity index (χ1n) is 7.19. The molecule has 0 bridgehead atoms. The van der Waals surface area contributed by atoms with Crippen LogP contribution in [0.4, 0.5) is 0 Å². The van der Waals surface area contributed by atoms with Crippen molar-refractivity contribution < 1.29 is 14.6 Å². The molecule has 0 aromatic carbocycles. The molecule has 1 N–H and O–H groups in total. The number of esters is 1. The molecule has 0 amide bonds. The molecule has 0 aromatic rings. The number of carbonyl (C=O) groups excluding carboxylic acids is 1. The highest BCUT2D eigenvalue weighted by Gasteiger charge is 2.65. The van der Waals surface area contributed by atoms with Gasteiger partial charge < -0.3 is 9.84 Å². The molecule has 2 aliphatic carbocycles. The van der Waals surface area contributed by atoms with Crippen molar-refractivity contribution in [1.29, 1.82) is 0 Å². The van der Waals surface area contributed by atoms with Crippen LogP contribution in [0.5, 0.6) is 0 Å². The maximum Gasteiger partial charge on any atom is 0.306 e. The normalized spacial score (nSPS) is 40.3. The van der Waals surface area contributed by atoms with E-state index in [2.05, 4.69) is 27.4 Å². The average Bonchev–Trinajstić information content (AvgIpc) is 2.49. The summed E-state index contributed by atoms with van der Waals surface area (Å²) in [7, 11) is 0. The minimum Gasteiger partial charge on any atom is -0.466 e. The lowest BCUT2D eigenvalue weighted by molar-refractivity contribution is -0.145. The van der Waals surface area contributed by atoms with Crippen LogP contribution in [0.1, 0.15) is 53.4 Å². The van der Waals surface area contributed by atoms with Gasteiger partial charge in [-0.15, -0.1) is 0 Å². The number of carbonyl (C=O) groups is 1. The van der Waals surface area contributed by atoms with Crippen molar-refractivity contribution >= 4 is 5.97 Å². The van der Waals surface area contributed by atoms with E-state index in [0.29, 0.717) is 19.4 Å². The Bertz CT molecular complexity index is 412. The Labute approximate surface area is 116 Å². The second-order valence-corrected chi connectivity index (χ2v) is 7.36. The first-order valence-corrected chi connectivity index (χ1v) is 7.19. The van der Waals surface area contributed by atoms with Gasteiger partial charge in [0.15, 0.2) is 0 Å². The number of hydrogen-bond donors (Lipinski definition) is 1. The number of hydrogen-bond acceptors (Lipinski definition) is 3. The van der Waals surface area contributed by atoms with Crippen molar-refractivity contribution in [3.8, 4) is 0 Å². The van der Waals surface area contributed by atoms with Crippen molar-refractivity contribution in [3.05, 3.63) is 12.2 Å². The molecule has 0 spiro atoms. The summed E-state index contributed by atoms with van der Waals surface area (Å²) in [6.45, 7) is 12.8. The molecule has 0 aliphatic heterocycles.